The van der Waals surface area contributed by atoms with Crippen LogP contribution in [0.3, 0.4) is 0 Å². The first-order valence-electron chi connectivity index (χ1n) is 6.31. The van der Waals surface area contributed by atoms with Gasteiger partial charge in [0.05, 0.1) is 6.61 Å². The molecule has 0 unspecified atom stereocenters. The van der Waals surface area contributed by atoms with E-state index in [1.165, 1.54) is 5.82 Å². The van der Waals surface area contributed by atoms with Crippen molar-refractivity contribution in [2.24, 2.45) is 5.92 Å². The highest BCUT2D eigenvalue weighted by Gasteiger charge is 2.01. The maximum absolute atomic E-state index is 5.60. The summed E-state index contributed by atoms with van der Waals surface area (Å²) in [5.41, 5.74) is 0. The minimum absolute atomic E-state index is 0.726. The molecule has 1 aromatic heterocycles. The molecule has 0 aromatic carbocycles. The van der Waals surface area contributed by atoms with Gasteiger partial charge in [-0.05, 0) is 18.8 Å². The SMILES string of the molecule is CCCc1nccn1CCOCCC(C)C. The van der Waals surface area contributed by atoms with Gasteiger partial charge in [-0.2, -0.15) is 0 Å². The van der Waals surface area contributed by atoms with Crippen LogP contribution < -0.4 is 0 Å². The molecule has 0 fully saturated rings. The molecule has 0 aliphatic rings. The Morgan fingerprint density at radius 2 is 2.19 bits per heavy atom. The summed E-state index contributed by atoms with van der Waals surface area (Å²) in [6, 6.07) is 0. The second kappa shape index (κ2) is 7.44. The average Bonchev–Trinajstić information content (AvgIpc) is 2.65. The molecule has 0 atom stereocenters. The van der Waals surface area contributed by atoms with Gasteiger partial charge >= 0.3 is 0 Å². The third-order valence-electron chi connectivity index (χ3n) is 2.59. The largest absolute Gasteiger partial charge is 0.380 e. The molecule has 0 amide bonds. The van der Waals surface area contributed by atoms with Gasteiger partial charge in [0.1, 0.15) is 5.82 Å². The predicted octanol–water partition coefficient (Wildman–Crippen LogP) is 2.90. The van der Waals surface area contributed by atoms with Gasteiger partial charge in [-0.25, -0.2) is 4.98 Å². The molecule has 1 heterocycles. The first kappa shape index (κ1) is 13.2. The van der Waals surface area contributed by atoms with Crippen LogP contribution in [0.25, 0.3) is 0 Å². The summed E-state index contributed by atoms with van der Waals surface area (Å²) in [5.74, 6) is 1.90. The van der Waals surface area contributed by atoms with Crippen LogP contribution in [-0.4, -0.2) is 22.8 Å². The molecule has 92 valence electrons. The number of hydrogen-bond acceptors (Lipinski definition) is 2. The molecule has 0 radical (unpaired) electrons. The normalized spacial score (nSPS) is 11.2. The van der Waals surface area contributed by atoms with Gasteiger partial charge < -0.3 is 9.30 Å². The van der Waals surface area contributed by atoms with Gasteiger partial charge in [-0.1, -0.05) is 20.8 Å². The van der Waals surface area contributed by atoms with Crippen LogP contribution in [0.15, 0.2) is 12.4 Å². The Hall–Kier alpha value is -0.830. The lowest BCUT2D eigenvalue weighted by molar-refractivity contribution is 0.115. The molecule has 0 N–H and O–H groups in total. The molecule has 0 aliphatic carbocycles. The number of hydrogen-bond donors (Lipinski definition) is 0. The Bertz CT molecular complexity index is 281. The molecular formula is C13H24N2O. The van der Waals surface area contributed by atoms with Crippen molar-refractivity contribution in [2.45, 2.75) is 46.6 Å². The van der Waals surface area contributed by atoms with Crippen LogP contribution in [0.5, 0.6) is 0 Å². The van der Waals surface area contributed by atoms with Crippen molar-refractivity contribution in [3.05, 3.63) is 18.2 Å². The quantitative estimate of drug-likeness (QED) is 0.635. The van der Waals surface area contributed by atoms with Crippen molar-refractivity contribution in [1.82, 2.24) is 9.55 Å². The number of aryl methyl sites for hydroxylation is 1. The number of ether oxygens (including phenoxy) is 1. The standard InChI is InChI=1S/C13H24N2O/c1-4-5-13-14-7-8-15(13)9-11-16-10-6-12(2)3/h7-8,12H,4-6,9-11H2,1-3H3. The number of imidazole rings is 1. The van der Waals surface area contributed by atoms with Gasteiger partial charge in [0.25, 0.3) is 0 Å². The minimum Gasteiger partial charge on any atom is -0.380 e. The van der Waals surface area contributed by atoms with E-state index in [-0.39, 0.29) is 0 Å². The van der Waals surface area contributed by atoms with Gasteiger partial charge in [-0.3, -0.25) is 0 Å². The van der Waals surface area contributed by atoms with E-state index in [9.17, 15) is 0 Å². The van der Waals surface area contributed by atoms with Crippen molar-refractivity contribution in [3.63, 3.8) is 0 Å². The fourth-order valence-electron chi connectivity index (χ4n) is 1.58. The van der Waals surface area contributed by atoms with E-state index in [0.29, 0.717) is 0 Å². The summed E-state index contributed by atoms with van der Waals surface area (Å²) < 4.78 is 7.80. The van der Waals surface area contributed by atoms with Gasteiger partial charge in [0, 0.05) is 32.0 Å². The van der Waals surface area contributed by atoms with Crippen molar-refractivity contribution in [1.29, 1.82) is 0 Å². The Morgan fingerprint density at radius 3 is 2.88 bits per heavy atom. The molecule has 0 bridgehead atoms. The molecule has 0 saturated carbocycles. The smallest absolute Gasteiger partial charge is 0.108 e. The molecule has 1 aromatic rings. The van der Waals surface area contributed by atoms with Crippen LogP contribution in [0.4, 0.5) is 0 Å². The molecule has 0 spiro atoms. The molecule has 3 heteroatoms. The van der Waals surface area contributed by atoms with Crippen LogP contribution in [0, 0.1) is 5.92 Å². The summed E-state index contributed by atoms with van der Waals surface area (Å²) in [6.45, 7) is 9.21. The van der Waals surface area contributed by atoms with E-state index >= 15 is 0 Å². The molecule has 0 aliphatic heterocycles. The maximum atomic E-state index is 5.60. The highest BCUT2D eigenvalue weighted by Crippen LogP contribution is 2.02. The van der Waals surface area contributed by atoms with E-state index in [4.69, 9.17) is 4.74 Å². The molecule has 1 rings (SSSR count). The topological polar surface area (TPSA) is 27.1 Å². The van der Waals surface area contributed by atoms with E-state index in [1.54, 1.807) is 0 Å². The number of rotatable bonds is 8. The summed E-state index contributed by atoms with van der Waals surface area (Å²) in [4.78, 5) is 4.34. The fraction of sp³-hybridized carbons (Fsp3) is 0.769. The molecular weight excluding hydrogens is 200 g/mol. The molecule has 16 heavy (non-hydrogen) atoms. The zero-order valence-electron chi connectivity index (χ0n) is 10.8. The zero-order chi connectivity index (χ0) is 11.8. The summed E-state index contributed by atoms with van der Waals surface area (Å²) in [5, 5.41) is 0. The zero-order valence-corrected chi connectivity index (χ0v) is 10.8. The third kappa shape index (κ3) is 4.79. The van der Waals surface area contributed by atoms with Crippen molar-refractivity contribution in [3.8, 4) is 0 Å². The Morgan fingerprint density at radius 1 is 1.38 bits per heavy atom. The summed E-state index contributed by atoms with van der Waals surface area (Å²) >= 11 is 0. The maximum Gasteiger partial charge on any atom is 0.108 e. The Balaban J connectivity index is 2.18. The van der Waals surface area contributed by atoms with Crippen LogP contribution >= 0.6 is 0 Å². The summed E-state index contributed by atoms with van der Waals surface area (Å²) in [7, 11) is 0. The highest BCUT2D eigenvalue weighted by atomic mass is 16.5. The van der Waals surface area contributed by atoms with E-state index in [1.807, 2.05) is 12.4 Å². The fourth-order valence-corrected chi connectivity index (χ4v) is 1.58. The lowest BCUT2D eigenvalue weighted by Crippen LogP contribution is -2.10. The Kier molecular flexibility index (Phi) is 6.16. The second-order valence-corrected chi connectivity index (χ2v) is 4.58. The van der Waals surface area contributed by atoms with Gasteiger partial charge in [0.2, 0.25) is 0 Å². The molecule has 3 nitrogen and oxygen atoms in total. The lowest BCUT2D eigenvalue weighted by atomic mass is 10.1. The number of aromatic nitrogens is 2. The lowest BCUT2D eigenvalue weighted by Gasteiger charge is -2.09. The van der Waals surface area contributed by atoms with Crippen molar-refractivity contribution >= 4 is 0 Å². The van der Waals surface area contributed by atoms with Crippen molar-refractivity contribution in [2.75, 3.05) is 13.2 Å². The van der Waals surface area contributed by atoms with Gasteiger partial charge in [-0.15, -0.1) is 0 Å². The van der Waals surface area contributed by atoms with E-state index < -0.39 is 0 Å². The van der Waals surface area contributed by atoms with E-state index in [2.05, 4.69) is 30.3 Å². The monoisotopic (exact) mass is 224 g/mol. The van der Waals surface area contributed by atoms with Crippen LogP contribution in [0.2, 0.25) is 0 Å². The average molecular weight is 224 g/mol. The first-order valence-corrected chi connectivity index (χ1v) is 6.31. The summed E-state index contributed by atoms with van der Waals surface area (Å²) in [6.07, 6.45) is 7.26. The van der Waals surface area contributed by atoms with Crippen molar-refractivity contribution < 1.29 is 4.74 Å². The highest BCUT2D eigenvalue weighted by molar-refractivity contribution is 4.92. The van der Waals surface area contributed by atoms with Crippen LogP contribution in [-0.2, 0) is 17.7 Å². The minimum atomic E-state index is 0.726. The van der Waals surface area contributed by atoms with Crippen LogP contribution in [0.1, 0.15) is 39.4 Å². The van der Waals surface area contributed by atoms with Gasteiger partial charge in [0.15, 0.2) is 0 Å². The predicted molar refractivity (Wildman–Crippen MR) is 66.5 cm³/mol. The first-order chi connectivity index (χ1) is 7.74. The molecule has 0 saturated heterocycles. The third-order valence-corrected chi connectivity index (χ3v) is 2.59. The number of nitrogens with zero attached hydrogens (tertiary/aromatic N) is 2. The second-order valence-electron chi connectivity index (χ2n) is 4.58. The Labute approximate surface area is 98.8 Å². The van der Waals surface area contributed by atoms with E-state index in [0.717, 1.165) is 44.9 Å².